The number of hydrogen-bond acceptors (Lipinski definition) is 5. The van der Waals surface area contributed by atoms with Crippen molar-refractivity contribution in [3.05, 3.63) is 83.4 Å². The first-order valence-electron chi connectivity index (χ1n) is 8.97. The molecular weight excluding hydrogens is 420 g/mol. The lowest BCUT2D eigenvalue weighted by molar-refractivity contribution is 0.102. The van der Waals surface area contributed by atoms with Crippen LogP contribution in [0.5, 0.6) is 0 Å². The van der Waals surface area contributed by atoms with Gasteiger partial charge in [0.2, 0.25) is 10.0 Å². The number of para-hydroxylation sites is 1. The molecule has 0 bridgehead atoms. The Morgan fingerprint density at radius 1 is 1.10 bits per heavy atom. The van der Waals surface area contributed by atoms with E-state index < -0.39 is 15.9 Å². The molecule has 2 aromatic heterocycles. The van der Waals surface area contributed by atoms with Gasteiger partial charge in [-0.25, -0.2) is 18.2 Å². The van der Waals surface area contributed by atoms with E-state index in [0.29, 0.717) is 22.5 Å². The van der Waals surface area contributed by atoms with Crippen molar-refractivity contribution >= 4 is 33.0 Å². The van der Waals surface area contributed by atoms with Crippen LogP contribution in [0.1, 0.15) is 15.9 Å². The van der Waals surface area contributed by atoms with Crippen molar-refractivity contribution < 1.29 is 13.2 Å². The fraction of sp³-hybridized carbons (Fsp3) is 0.0476. The second-order valence-electron chi connectivity index (χ2n) is 6.63. The molecule has 9 heteroatoms. The van der Waals surface area contributed by atoms with E-state index in [-0.39, 0.29) is 4.90 Å². The lowest BCUT2D eigenvalue weighted by atomic mass is 10.2. The van der Waals surface area contributed by atoms with Crippen molar-refractivity contribution in [1.29, 1.82) is 0 Å². The Hall–Kier alpha value is -3.27. The maximum absolute atomic E-state index is 13.1. The second-order valence-corrected chi connectivity index (χ2v) is 9.11. The van der Waals surface area contributed by atoms with Crippen molar-refractivity contribution in [2.75, 3.05) is 5.32 Å². The third-order valence-corrected chi connectivity index (χ3v) is 6.42. The normalized spacial score (nSPS) is 11.4. The number of thiophene rings is 1. The summed E-state index contributed by atoms with van der Waals surface area (Å²) < 4.78 is 25.2. The number of nitrogens with two attached hydrogens (primary N) is 1. The summed E-state index contributed by atoms with van der Waals surface area (Å²) in [6, 6.07) is 17.8. The molecule has 0 spiro atoms. The standard InChI is InChI=1S/C21H18N4O3S2/c1-14-9-10-15(12-19(14)30(22,27)28)23-21(26)17-13-25(16-6-3-2-4-7-16)24-20(17)18-8-5-11-29-18/h2-13H,1H3,(H,23,26)(H2,22,27,28). The first-order chi connectivity index (χ1) is 14.3. The summed E-state index contributed by atoms with van der Waals surface area (Å²) in [4.78, 5) is 13.9. The van der Waals surface area contributed by atoms with Crippen molar-refractivity contribution in [3.8, 4) is 16.3 Å². The maximum Gasteiger partial charge on any atom is 0.259 e. The van der Waals surface area contributed by atoms with Gasteiger partial charge in [0.1, 0.15) is 5.69 Å². The minimum Gasteiger partial charge on any atom is -0.322 e. The fourth-order valence-corrected chi connectivity index (χ4v) is 4.56. The molecule has 2 heterocycles. The van der Waals surface area contributed by atoms with Crippen molar-refractivity contribution in [3.63, 3.8) is 0 Å². The summed E-state index contributed by atoms with van der Waals surface area (Å²) >= 11 is 1.48. The van der Waals surface area contributed by atoms with Crippen molar-refractivity contribution in [1.82, 2.24) is 9.78 Å². The molecular formula is C21H18N4O3S2. The first kappa shape index (κ1) is 20.0. The molecule has 1 amide bonds. The van der Waals surface area contributed by atoms with Gasteiger partial charge < -0.3 is 5.32 Å². The fourth-order valence-electron chi connectivity index (χ4n) is 3.03. The van der Waals surface area contributed by atoms with Gasteiger partial charge in [-0.2, -0.15) is 5.10 Å². The van der Waals surface area contributed by atoms with Gasteiger partial charge in [0.25, 0.3) is 5.91 Å². The van der Waals surface area contributed by atoms with E-state index in [1.54, 1.807) is 29.9 Å². The van der Waals surface area contributed by atoms with Crippen LogP contribution in [0.25, 0.3) is 16.3 Å². The third kappa shape index (κ3) is 4.04. The molecule has 30 heavy (non-hydrogen) atoms. The third-order valence-electron chi connectivity index (χ3n) is 4.49. The van der Waals surface area contributed by atoms with Gasteiger partial charge in [0, 0.05) is 11.9 Å². The average Bonchev–Trinajstić information content (AvgIpc) is 3.39. The number of aryl methyl sites for hydroxylation is 1. The Bertz CT molecular complexity index is 1310. The molecule has 7 nitrogen and oxygen atoms in total. The molecule has 152 valence electrons. The zero-order valence-electron chi connectivity index (χ0n) is 15.9. The van der Waals surface area contributed by atoms with E-state index in [2.05, 4.69) is 10.4 Å². The molecule has 3 N–H and O–H groups in total. The Morgan fingerprint density at radius 3 is 2.53 bits per heavy atom. The van der Waals surface area contributed by atoms with Crippen LogP contribution in [0.15, 0.2) is 77.1 Å². The number of benzene rings is 2. The molecule has 0 radical (unpaired) electrons. The van der Waals surface area contributed by atoms with Gasteiger partial charge in [-0.3, -0.25) is 4.79 Å². The van der Waals surface area contributed by atoms with Gasteiger partial charge in [-0.05, 0) is 48.2 Å². The quantitative estimate of drug-likeness (QED) is 0.494. The van der Waals surface area contributed by atoms with Crippen LogP contribution in [-0.2, 0) is 10.0 Å². The van der Waals surface area contributed by atoms with E-state index in [9.17, 15) is 13.2 Å². The summed E-state index contributed by atoms with van der Waals surface area (Å²) in [5.41, 5.74) is 2.58. The molecule has 0 fully saturated rings. The van der Waals surface area contributed by atoms with Crippen molar-refractivity contribution in [2.24, 2.45) is 5.14 Å². The van der Waals surface area contributed by atoms with Crippen LogP contribution < -0.4 is 10.5 Å². The van der Waals surface area contributed by atoms with E-state index in [1.165, 1.54) is 17.4 Å². The number of sulfonamides is 1. The molecule has 0 aliphatic carbocycles. The number of anilines is 1. The van der Waals surface area contributed by atoms with Crippen molar-refractivity contribution in [2.45, 2.75) is 11.8 Å². The number of carbonyl (C=O) groups excluding carboxylic acids is 1. The lowest BCUT2D eigenvalue weighted by Gasteiger charge is -2.09. The number of primary sulfonamides is 1. The Morgan fingerprint density at radius 2 is 1.87 bits per heavy atom. The van der Waals surface area contributed by atoms with Crippen LogP contribution in [0.2, 0.25) is 0 Å². The van der Waals surface area contributed by atoms with Gasteiger partial charge in [-0.15, -0.1) is 11.3 Å². The maximum atomic E-state index is 13.1. The molecule has 0 saturated heterocycles. The minimum absolute atomic E-state index is 0.0289. The van der Waals surface area contributed by atoms with E-state index in [4.69, 9.17) is 5.14 Å². The highest BCUT2D eigenvalue weighted by atomic mass is 32.2. The monoisotopic (exact) mass is 438 g/mol. The largest absolute Gasteiger partial charge is 0.322 e. The molecule has 0 aliphatic heterocycles. The highest BCUT2D eigenvalue weighted by Crippen LogP contribution is 2.29. The number of rotatable bonds is 5. The Balaban J connectivity index is 1.73. The van der Waals surface area contributed by atoms with Crippen LogP contribution in [0.4, 0.5) is 5.69 Å². The van der Waals surface area contributed by atoms with Crippen LogP contribution in [0.3, 0.4) is 0 Å². The lowest BCUT2D eigenvalue weighted by Crippen LogP contribution is -2.16. The summed E-state index contributed by atoms with van der Waals surface area (Å²) in [5, 5.41) is 14.5. The molecule has 0 aliphatic rings. The predicted molar refractivity (Wildman–Crippen MR) is 117 cm³/mol. The number of aromatic nitrogens is 2. The van der Waals surface area contributed by atoms with E-state index >= 15 is 0 Å². The minimum atomic E-state index is -3.90. The summed E-state index contributed by atoms with van der Waals surface area (Å²) in [7, 11) is -3.90. The van der Waals surface area contributed by atoms with Gasteiger partial charge in [0.15, 0.2) is 0 Å². The first-order valence-corrected chi connectivity index (χ1v) is 11.4. The summed E-state index contributed by atoms with van der Waals surface area (Å²) in [5.74, 6) is -0.398. The van der Waals surface area contributed by atoms with E-state index in [0.717, 1.165) is 10.6 Å². The highest BCUT2D eigenvalue weighted by molar-refractivity contribution is 7.89. The SMILES string of the molecule is Cc1ccc(NC(=O)c2cn(-c3ccccc3)nc2-c2cccs2)cc1S(N)(=O)=O. The molecule has 0 unspecified atom stereocenters. The zero-order chi connectivity index (χ0) is 21.3. The summed E-state index contributed by atoms with van der Waals surface area (Å²) in [6.07, 6.45) is 1.66. The molecule has 4 aromatic rings. The topological polar surface area (TPSA) is 107 Å². The van der Waals surface area contributed by atoms with Gasteiger partial charge >= 0.3 is 0 Å². The van der Waals surface area contributed by atoms with Gasteiger partial charge in [0.05, 0.1) is 21.0 Å². The van der Waals surface area contributed by atoms with Gasteiger partial charge in [-0.1, -0.05) is 30.3 Å². The molecule has 0 atom stereocenters. The number of amides is 1. The van der Waals surface area contributed by atoms with Crippen LogP contribution in [-0.4, -0.2) is 24.1 Å². The molecule has 2 aromatic carbocycles. The number of carbonyl (C=O) groups is 1. The smallest absolute Gasteiger partial charge is 0.259 e. The molecule has 0 saturated carbocycles. The molecule has 4 rings (SSSR count). The average molecular weight is 439 g/mol. The highest BCUT2D eigenvalue weighted by Gasteiger charge is 2.20. The predicted octanol–water partition coefficient (Wildman–Crippen LogP) is 3.81. The number of nitrogens with zero attached hydrogens (tertiary/aromatic N) is 2. The van der Waals surface area contributed by atoms with Crippen LogP contribution in [0, 0.1) is 6.92 Å². The Kier molecular flexibility index (Phi) is 5.25. The van der Waals surface area contributed by atoms with E-state index in [1.807, 2.05) is 47.8 Å². The number of nitrogens with one attached hydrogen (secondary N) is 1. The summed E-state index contributed by atoms with van der Waals surface area (Å²) in [6.45, 7) is 1.64. The Labute approximate surface area is 177 Å². The second kappa shape index (κ2) is 7.86. The van der Waals surface area contributed by atoms with Crippen LogP contribution >= 0.6 is 11.3 Å². The number of hydrogen-bond donors (Lipinski definition) is 2. The zero-order valence-corrected chi connectivity index (χ0v) is 17.6.